The van der Waals surface area contributed by atoms with E-state index in [1.54, 1.807) is 0 Å². The van der Waals surface area contributed by atoms with E-state index in [4.69, 9.17) is 4.74 Å². The largest absolute Gasteiger partial charge is 0.444 e. The molecule has 0 spiro atoms. The predicted molar refractivity (Wildman–Crippen MR) is 108 cm³/mol. The second-order valence-corrected chi connectivity index (χ2v) is 9.25. The van der Waals surface area contributed by atoms with Crippen LogP contribution in [0.4, 0.5) is 16.2 Å². The predicted octanol–water partition coefficient (Wildman–Crippen LogP) is 5.30. The first kappa shape index (κ1) is 20.5. The lowest BCUT2D eigenvalue weighted by atomic mass is 9.92. The second-order valence-electron chi connectivity index (χ2n) is 7.48. The fourth-order valence-corrected chi connectivity index (χ4v) is 4.31. The number of anilines is 2. The lowest BCUT2D eigenvalue weighted by molar-refractivity contribution is 0.0636. The van der Waals surface area contributed by atoms with Crippen LogP contribution < -0.4 is 10.2 Å². The standard InChI is InChI=1S/C18H26Br2N2O3/c1-18(2,3)25-17(24)21-16-14(20)9-11(19)10-15(16)22(4)12-5-7-13(23)8-6-12/h9-10,12-13,23H,5-8H2,1-4H3,(H,21,24)/t12-,13-. The molecule has 1 aliphatic rings. The van der Waals surface area contributed by atoms with E-state index in [-0.39, 0.29) is 6.10 Å². The van der Waals surface area contributed by atoms with E-state index in [9.17, 15) is 9.90 Å². The van der Waals surface area contributed by atoms with E-state index < -0.39 is 11.7 Å². The van der Waals surface area contributed by atoms with Crippen LogP contribution in [0.1, 0.15) is 46.5 Å². The highest BCUT2D eigenvalue weighted by Gasteiger charge is 2.26. The number of hydrogen-bond donors (Lipinski definition) is 2. The molecule has 1 amide bonds. The summed E-state index contributed by atoms with van der Waals surface area (Å²) in [6, 6.07) is 4.21. The number of ether oxygens (including phenoxy) is 1. The highest BCUT2D eigenvalue weighted by Crippen LogP contribution is 2.39. The average molecular weight is 478 g/mol. The molecular weight excluding hydrogens is 452 g/mol. The van der Waals surface area contributed by atoms with Crippen LogP contribution >= 0.6 is 31.9 Å². The maximum atomic E-state index is 12.2. The Bertz CT molecular complexity index is 623. The van der Waals surface area contributed by atoms with Gasteiger partial charge in [0.15, 0.2) is 0 Å². The van der Waals surface area contributed by atoms with Crippen molar-refractivity contribution in [2.45, 2.75) is 64.2 Å². The van der Waals surface area contributed by atoms with E-state index >= 15 is 0 Å². The van der Waals surface area contributed by atoms with E-state index in [2.05, 4.69) is 42.1 Å². The zero-order valence-corrected chi connectivity index (χ0v) is 18.3. The molecule has 0 atom stereocenters. The Morgan fingerprint density at radius 3 is 2.40 bits per heavy atom. The fraction of sp³-hybridized carbons (Fsp3) is 0.611. The van der Waals surface area contributed by atoms with Crippen LogP contribution in [-0.4, -0.2) is 36.0 Å². The van der Waals surface area contributed by atoms with Crippen LogP contribution in [-0.2, 0) is 4.74 Å². The summed E-state index contributed by atoms with van der Waals surface area (Å²) in [5.74, 6) is 0. The van der Waals surface area contributed by atoms with Crippen LogP contribution in [0.3, 0.4) is 0 Å². The Morgan fingerprint density at radius 2 is 1.84 bits per heavy atom. The molecule has 0 saturated heterocycles. The first-order valence-electron chi connectivity index (χ1n) is 8.47. The molecule has 0 aliphatic heterocycles. The van der Waals surface area contributed by atoms with Crippen molar-refractivity contribution in [3.8, 4) is 0 Å². The molecule has 0 unspecified atom stereocenters. The minimum Gasteiger partial charge on any atom is -0.444 e. The average Bonchev–Trinajstić information content (AvgIpc) is 2.48. The molecule has 0 radical (unpaired) electrons. The minimum atomic E-state index is -0.558. The number of rotatable bonds is 3. The lowest BCUT2D eigenvalue weighted by Crippen LogP contribution is -2.37. The smallest absolute Gasteiger partial charge is 0.412 e. The first-order valence-corrected chi connectivity index (χ1v) is 10.1. The van der Waals surface area contributed by atoms with Gasteiger partial charge in [0.2, 0.25) is 0 Å². The number of halogens is 2. The fourth-order valence-electron chi connectivity index (χ4n) is 3.01. The number of aliphatic hydroxyl groups is 1. The highest BCUT2D eigenvalue weighted by atomic mass is 79.9. The molecule has 7 heteroatoms. The van der Waals surface area contributed by atoms with Crippen molar-refractivity contribution < 1.29 is 14.6 Å². The van der Waals surface area contributed by atoms with E-state index in [0.717, 1.165) is 40.3 Å². The summed E-state index contributed by atoms with van der Waals surface area (Å²) in [6.45, 7) is 5.51. The molecule has 0 aromatic heterocycles. The summed E-state index contributed by atoms with van der Waals surface area (Å²) in [6.07, 6.45) is 2.78. The van der Waals surface area contributed by atoms with Gasteiger partial charge in [-0.15, -0.1) is 0 Å². The van der Waals surface area contributed by atoms with Crippen LogP contribution in [0.15, 0.2) is 21.1 Å². The Morgan fingerprint density at radius 1 is 1.24 bits per heavy atom. The van der Waals surface area contributed by atoms with Crippen molar-refractivity contribution in [3.63, 3.8) is 0 Å². The molecule has 1 aromatic carbocycles. The quantitative estimate of drug-likeness (QED) is 0.620. The molecule has 2 rings (SSSR count). The van der Waals surface area contributed by atoms with Crippen molar-refractivity contribution in [3.05, 3.63) is 21.1 Å². The number of nitrogens with zero attached hydrogens (tertiary/aromatic N) is 1. The van der Waals surface area contributed by atoms with Gasteiger partial charge in [-0.05, 0) is 74.5 Å². The maximum absolute atomic E-state index is 12.2. The van der Waals surface area contributed by atoms with Crippen LogP contribution in [0.5, 0.6) is 0 Å². The summed E-state index contributed by atoms with van der Waals surface area (Å²) in [4.78, 5) is 14.4. The molecule has 5 nitrogen and oxygen atoms in total. The Balaban J connectivity index is 2.26. The summed E-state index contributed by atoms with van der Waals surface area (Å²) >= 11 is 7.06. The molecule has 140 valence electrons. The van der Waals surface area contributed by atoms with Gasteiger partial charge in [0.05, 0.1) is 17.5 Å². The Kier molecular flexibility index (Phi) is 6.79. The van der Waals surface area contributed by atoms with E-state index in [1.165, 1.54) is 0 Å². The molecule has 2 N–H and O–H groups in total. The number of hydrogen-bond acceptors (Lipinski definition) is 4. The number of carbonyl (C=O) groups is 1. The van der Waals surface area contributed by atoms with E-state index in [1.807, 2.05) is 40.0 Å². The van der Waals surface area contributed by atoms with Crippen molar-refractivity contribution in [2.75, 3.05) is 17.3 Å². The summed E-state index contributed by atoms with van der Waals surface area (Å²) in [7, 11) is 2.02. The van der Waals surface area contributed by atoms with E-state index in [0.29, 0.717) is 11.7 Å². The number of benzene rings is 1. The minimum absolute atomic E-state index is 0.196. The molecule has 0 bridgehead atoms. The first-order chi connectivity index (χ1) is 11.6. The zero-order chi connectivity index (χ0) is 18.8. The molecule has 1 fully saturated rings. The Hall–Kier alpha value is -0.790. The molecule has 1 aliphatic carbocycles. The van der Waals surface area contributed by atoms with Crippen molar-refractivity contribution in [1.29, 1.82) is 0 Å². The Labute approximate surface area is 166 Å². The topological polar surface area (TPSA) is 61.8 Å². The second kappa shape index (κ2) is 8.27. The van der Waals surface area contributed by atoms with Gasteiger partial charge in [0.1, 0.15) is 5.60 Å². The third-order valence-corrected chi connectivity index (χ3v) is 5.34. The summed E-state index contributed by atoms with van der Waals surface area (Å²) < 4.78 is 7.09. The molecule has 1 aromatic rings. The summed E-state index contributed by atoms with van der Waals surface area (Å²) in [5.41, 5.74) is 1.04. The number of nitrogens with one attached hydrogen (secondary N) is 1. The van der Waals surface area contributed by atoms with Gasteiger partial charge < -0.3 is 14.7 Å². The van der Waals surface area contributed by atoms with Gasteiger partial charge in [-0.1, -0.05) is 15.9 Å². The van der Waals surface area contributed by atoms with Crippen molar-refractivity contribution in [1.82, 2.24) is 0 Å². The third-order valence-electron chi connectivity index (χ3n) is 4.25. The summed E-state index contributed by atoms with van der Waals surface area (Å²) in [5, 5.41) is 12.6. The van der Waals surface area contributed by atoms with Crippen molar-refractivity contribution >= 4 is 49.3 Å². The van der Waals surface area contributed by atoms with Gasteiger partial charge >= 0.3 is 6.09 Å². The normalized spacial score (nSPS) is 20.9. The SMILES string of the molecule is CN(c1cc(Br)cc(Br)c1NC(=O)OC(C)(C)C)[C@H]1CC[C@H](O)CC1. The highest BCUT2D eigenvalue weighted by molar-refractivity contribution is 9.11. The van der Waals surface area contributed by atoms with Crippen LogP contribution in [0.2, 0.25) is 0 Å². The zero-order valence-electron chi connectivity index (χ0n) is 15.1. The maximum Gasteiger partial charge on any atom is 0.412 e. The van der Waals surface area contributed by atoms with Gasteiger partial charge in [-0.3, -0.25) is 5.32 Å². The van der Waals surface area contributed by atoms with Gasteiger partial charge in [-0.2, -0.15) is 0 Å². The third kappa shape index (κ3) is 5.86. The monoisotopic (exact) mass is 476 g/mol. The lowest BCUT2D eigenvalue weighted by Gasteiger charge is -2.36. The number of aliphatic hydroxyl groups excluding tert-OH is 1. The number of amides is 1. The molecule has 1 saturated carbocycles. The van der Waals surface area contributed by atoms with Crippen LogP contribution in [0, 0.1) is 0 Å². The van der Waals surface area contributed by atoms with Gasteiger partial charge in [0, 0.05) is 22.0 Å². The van der Waals surface area contributed by atoms with Gasteiger partial charge in [-0.25, -0.2) is 4.79 Å². The van der Waals surface area contributed by atoms with Crippen LogP contribution in [0.25, 0.3) is 0 Å². The molecule has 0 heterocycles. The van der Waals surface area contributed by atoms with Crippen molar-refractivity contribution in [2.24, 2.45) is 0 Å². The molecular formula is C18H26Br2N2O3. The van der Waals surface area contributed by atoms with Gasteiger partial charge in [0.25, 0.3) is 0 Å². The number of carbonyl (C=O) groups excluding carboxylic acids is 1. The molecule has 25 heavy (non-hydrogen) atoms.